The molecule has 0 heterocycles. The van der Waals surface area contributed by atoms with Crippen LogP contribution in [0.1, 0.15) is 20.8 Å². The molecule has 1 aromatic carbocycles. The van der Waals surface area contributed by atoms with E-state index in [-0.39, 0.29) is 27.2 Å². The minimum absolute atomic E-state index is 0.0462. The van der Waals surface area contributed by atoms with Gasteiger partial charge in [0.2, 0.25) is 0 Å². The van der Waals surface area contributed by atoms with Gasteiger partial charge in [0.1, 0.15) is 11.2 Å². The van der Waals surface area contributed by atoms with E-state index in [0.29, 0.717) is 0 Å². The standard InChI is InChI=1S/C12H17Cl2O6PS/c1-4-21(15,20-19-9(2)3)8-18-22(16,17)12-7-10(13)5-6-11(12)14/h5-7,9H,4,8H2,1-3H3. The van der Waals surface area contributed by atoms with E-state index in [9.17, 15) is 13.0 Å². The number of benzene rings is 1. The molecule has 1 unspecified atom stereocenters. The van der Waals surface area contributed by atoms with Crippen LogP contribution in [-0.4, -0.2) is 27.0 Å². The molecule has 0 N–H and O–H groups in total. The molecular formula is C12H17Cl2O6PS. The van der Waals surface area contributed by atoms with Gasteiger partial charge >= 0.3 is 0 Å². The van der Waals surface area contributed by atoms with Crippen molar-refractivity contribution >= 4 is 40.7 Å². The lowest BCUT2D eigenvalue weighted by molar-refractivity contribution is -0.234. The van der Waals surface area contributed by atoms with Crippen LogP contribution in [0.4, 0.5) is 0 Å². The lowest BCUT2D eigenvalue weighted by Crippen LogP contribution is -2.12. The van der Waals surface area contributed by atoms with Gasteiger partial charge in [-0.2, -0.15) is 13.1 Å². The van der Waals surface area contributed by atoms with Crippen molar-refractivity contribution in [2.45, 2.75) is 31.8 Å². The average molecular weight is 391 g/mol. The Morgan fingerprint density at radius 1 is 1.27 bits per heavy atom. The summed E-state index contributed by atoms with van der Waals surface area (Å²) in [4.78, 5) is 4.53. The van der Waals surface area contributed by atoms with Crippen molar-refractivity contribution in [2.24, 2.45) is 0 Å². The van der Waals surface area contributed by atoms with E-state index in [1.54, 1.807) is 20.8 Å². The van der Waals surface area contributed by atoms with Crippen LogP contribution in [0.5, 0.6) is 0 Å². The Morgan fingerprint density at radius 2 is 1.91 bits per heavy atom. The molecule has 0 saturated heterocycles. The first kappa shape index (κ1) is 19.9. The van der Waals surface area contributed by atoms with Crippen LogP contribution >= 0.6 is 30.6 Å². The molecule has 0 bridgehead atoms. The molecule has 0 aromatic heterocycles. The summed E-state index contributed by atoms with van der Waals surface area (Å²) < 4.78 is 46.2. The molecule has 22 heavy (non-hydrogen) atoms. The number of halogens is 2. The van der Waals surface area contributed by atoms with Crippen LogP contribution in [0.25, 0.3) is 0 Å². The summed E-state index contributed by atoms with van der Waals surface area (Å²) in [5.41, 5.74) is 0. The minimum Gasteiger partial charge on any atom is -0.288 e. The highest BCUT2D eigenvalue weighted by Crippen LogP contribution is 2.47. The fourth-order valence-corrected chi connectivity index (χ4v) is 4.41. The zero-order chi connectivity index (χ0) is 17.0. The maximum absolute atomic E-state index is 12.3. The minimum atomic E-state index is -4.22. The van der Waals surface area contributed by atoms with Crippen molar-refractivity contribution in [1.82, 2.24) is 0 Å². The zero-order valence-corrected chi connectivity index (χ0v) is 15.5. The summed E-state index contributed by atoms with van der Waals surface area (Å²) in [6.45, 7) is 4.94. The fraction of sp³-hybridized carbons (Fsp3) is 0.500. The summed E-state index contributed by atoms with van der Waals surface area (Å²) in [6, 6.07) is 3.93. The predicted molar refractivity (Wildman–Crippen MR) is 85.1 cm³/mol. The lowest BCUT2D eigenvalue weighted by atomic mass is 10.4. The van der Waals surface area contributed by atoms with Gasteiger partial charge in [-0.05, 0) is 32.0 Å². The van der Waals surface area contributed by atoms with Gasteiger partial charge in [0.15, 0.2) is 0 Å². The van der Waals surface area contributed by atoms with Crippen molar-refractivity contribution in [3.63, 3.8) is 0 Å². The maximum atomic E-state index is 12.3. The highest BCUT2D eigenvalue weighted by Gasteiger charge is 2.29. The van der Waals surface area contributed by atoms with E-state index < -0.39 is 23.8 Å². The molecule has 6 nitrogen and oxygen atoms in total. The molecule has 0 aliphatic rings. The van der Waals surface area contributed by atoms with Crippen molar-refractivity contribution in [3.8, 4) is 0 Å². The van der Waals surface area contributed by atoms with Gasteiger partial charge in [-0.3, -0.25) is 8.75 Å². The summed E-state index contributed by atoms with van der Waals surface area (Å²) in [7, 11) is -7.62. The number of hydrogen-bond acceptors (Lipinski definition) is 6. The van der Waals surface area contributed by atoms with Gasteiger partial charge in [0.25, 0.3) is 17.5 Å². The van der Waals surface area contributed by atoms with Gasteiger partial charge < -0.3 is 0 Å². The Bertz CT molecular complexity index is 662. The Morgan fingerprint density at radius 3 is 2.45 bits per heavy atom. The largest absolute Gasteiger partial charge is 0.299 e. The van der Waals surface area contributed by atoms with Crippen LogP contribution in [0.15, 0.2) is 23.1 Å². The Hall–Kier alpha value is -0.140. The first-order valence-electron chi connectivity index (χ1n) is 6.37. The molecule has 0 spiro atoms. The molecule has 0 saturated carbocycles. The van der Waals surface area contributed by atoms with Crippen LogP contribution in [0, 0.1) is 0 Å². The fourth-order valence-electron chi connectivity index (χ4n) is 1.21. The molecule has 126 valence electrons. The normalized spacial score (nSPS) is 15.0. The van der Waals surface area contributed by atoms with Gasteiger partial charge in [-0.1, -0.05) is 30.1 Å². The molecule has 0 fully saturated rings. The van der Waals surface area contributed by atoms with Crippen LogP contribution in [-0.2, 0) is 28.4 Å². The third kappa shape index (κ3) is 5.81. The van der Waals surface area contributed by atoms with Crippen LogP contribution < -0.4 is 0 Å². The summed E-state index contributed by atoms with van der Waals surface area (Å²) in [6.07, 6.45) is -0.918. The molecule has 1 aromatic rings. The number of hydrogen-bond donors (Lipinski definition) is 0. The molecular weight excluding hydrogens is 374 g/mol. The van der Waals surface area contributed by atoms with Crippen LogP contribution in [0.3, 0.4) is 0 Å². The Kier molecular flexibility index (Phi) is 7.33. The summed E-state index contributed by atoms with van der Waals surface area (Å²) >= 11 is 11.6. The highest BCUT2D eigenvalue weighted by molar-refractivity contribution is 7.87. The molecule has 0 aliphatic carbocycles. The molecule has 10 heteroatoms. The van der Waals surface area contributed by atoms with Gasteiger partial charge in [0, 0.05) is 11.2 Å². The second kappa shape index (κ2) is 8.11. The van der Waals surface area contributed by atoms with Gasteiger partial charge in [-0.15, -0.1) is 0 Å². The smallest absolute Gasteiger partial charge is 0.288 e. The Labute approximate surface area is 140 Å². The summed E-state index contributed by atoms with van der Waals surface area (Å²) in [5, 5.41) is 0.139. The highest BCUT2D eigenvalue weighted by atomic mass is 35.5. The zero-order valence-electron chi connectivity index (χ0n) is 12.3. The predicted octanol–water partition coefficient (Wildman–Crippen LogP) is 4.31. The molecule has 0 radical (unpaired) electrons. The van der Waals surface area contributed by atoms with Gasteiger partial charge in [0.05, 0.1) is 11.1 Å². The Balaban J connectivity index is 2.88. The van der Waals surface area contributed by atoms with E-state index in [0.717, 1.165) is 6.07 Å². The third-order valence-electron chi connectivity index (χ3n) is 2.42. The quantitative estimate of drug-likeness (QED) is 0.284. The van der Waals surface area contributed by atoms with E-state index in [2.05, 4.69) is 0 Å². The monoisotopic (exact) mass is 390 g/mol. The van der Waals surface area contributed by atoms with Crippen molar-refractivity contribution < 1.29 is 26.7 Å². The first-order valence-corrected chi connectivity index (χ1v) is 10.5. The average Bonchev–Trinajstić information content (AvgIpc) is 2.45. The molecule has 0 aliphatic heterocycles. The van der Waals surface area contributed by atoms with Crippen molar-refractivity contribution in [1.29, 1.82) is 0 Å². The van der Waals surface area contributed by atoms with E-state index >= 15 is 0 Å². The van der Waals surface area contributed by atoms with Gasteiger partial charge in [-0.25, -0.2) is 4.89 Å². The topological polar surface area (TPSA) is 78.9 Å². The molecule has 0 amide bonds. The first-order chi connectivity index (χ1) is 10.1. The molecule has 1 rings (SSSR count). The summed E-state index contributed by atoms with van der Waals surface area (Å²) in [5.74, 6) is 0. The van der Waals surface area contributed by atoms with Crippen LogP contribution in [0.2, 0.25) is 10.0 Å². The van der Waals surface area contributed by atoms with Crippen molar-refractivity contribution in [2.75, 3.05) is 12.5 Å². The third-order valence-corrected chi connectivity index (χ3v) is 6.42. The lowest BCUT2D eigenvalue weighted by Gasteiger charge is -2.17. The van der Waals surface area contributed by atoms with E-state index in [1.807, 2.05) is 0 Å². The second-order valence-electron chi connectivity index (χ2n) is 4.63. The SMILES string of the molecule is CCP(=O)(COS(=O)(=O)c1cc(Cl)ccc1Cl)OOC(C)C. The van der Waals surface area contributed by atoms with Crippen molar-refractivity contribution in [3.05, 3.63) is 28.2 Å². The van der Waals surface area contributed by atoms with E-state index in [4.69, 9.17) is 36.9 Å². The number of rotatable bonds is 8. The van der Waals surface area contributed by atoms with E-state index in [1.165, 1.54) is 12.1 Å². The molecule has 1 atom stereocenters. The maximum Gasteiger partial charge on any atom is 0.299 e. The second-order valence-corrected chi connectivity index (χ2v) is 9.72.